The molecule has 1 saturated heterocycles. The summed E-state index contributed by atoms with van der Waals surface area (Å²) in [4.78, 5) is 27.4. The molecule has 1 unspecified atom stereocenters. The number of carbonyl (C=O) groups excluding carboxylic acids is 2. The van der Waals surface area contributed by atoms with E-state index in [0.29, 0.717) is 28.4 Å². The van der Waals surface area contributed by atoms with E-state index >= 15 is 0 Å². The molecule has 0 aliphatic carbocycles. The zero-order chi connectivity index (χ0) is 31.5. The average molecular weight is 603 g/mol. The number of piperidine rings is 1. The Morgan fingerprint density at radius 1 is 0.864 bits per heavy atom. The van der Waals surface area contributed by atoms with Crippen molar-refractivity contribution in [1.82, 2.24) is 10.2 Å². The van der Waals surface area contributed by atoms with Gasteiger partial charge in [0.2, 0.25) is 0 Å². The van der Waals surface area contributed by atoms with Gasteiger partial charge in [0.05, 0.1) is 6.61 Å². The summed E-state index contributed by atoms with van der Waals surface area (Å²) in [5.74, 6) is 1.85. The minimum Gasteiger partial charge on any atom is -0.490 e. The van der Waals surface area contributed by atoms with Gasteiger partial charge in [0.15, 0.2) is 0 Å². The molecule has 1 aliphatic heterocycles. The Labute approximate surface area is 260 Å². The number of amides is 3. The number of nitrogens with zero attached hydrogens (tertiary/aromatic N) is 1. The van der Waals surface area contributed by atoms with E-state index in [1.54, 1.807) is 36.4 Å². The van der Waals surface area contributed by atoms with Gasteiger partial charge in [-0.1, -0.05) is 20.8 Å². The number of carbonyl (C=O) groups is 2. The van der Waals surface area contributed by atoms with Crippen LogP contribution in [0, 0.1) is 6.92 Å². The first kappa shape index (κ1) is 32.8. The molecule has 236 valence electrons. The van der Waals surface area contributed by atoms with Crippen LogP contribution in [0.1, 0.15) is 68.8 Å². The van der Waals surface area contributed by atoms with Crippen LogP contribution in [-0.2, 0) is 0 Å². The molecule has 1 aliphatic rings. The summed E-state index contributed by atoms with van der Waals surface area (Å²) in [5, 5.41) is 18.3. The molecule has 9 heteroatoms. The highest BCUT2D eigenvalue weighted by molar-refractivity contribution is 6.04. The molecule has 3 aromatic rings. The molecule has 0 spiro atoms. The normalized spacial score (nSPS) is 14.6. The van der Waals surface area contributed by atoms with Gasteiger partial charge >= 0.3 is 6.03 Å². The first-order chi connectivity index (χ1) is 21.3. The molecule has 4 rings (SSSR count). The van der Waals surface area contributed by atoms with Gasteiger partial charge < -0.3 is 30.5 Å². The monoisotopic (exact) mass is 602 g/mol. The molecule has 3 aromatic carbocycles. The van der Waals surface area contributed by atoms with Crippen molar-refractivity contribution in [1.29, 1.82) is 0 Å². The van der Waals surface area contributed by atoms with Crippen LogP contribution in [0.4, 0.5) is 16.2 Å². The second-order valence-electron chi connectivity index (χ2n) is 11.3. The SMILES string of the molecule is CCC(CC)NC(=O)Nc1ccc(Oc2ccc(NC(=O)c3ccc(OC4CCN(C(CC)CO)CC4)cc3)cc2C)cc1. The largest absolute Gasteiger partial charge is 0.490 e. The van der Waals surface area contributed by atoms with E-state index in [2.05, 4.69) is 27.8 Å². The quantitative estimate of drug-likeness (QED) is 0.168. The summed E-state index contributed by atoms with van der Waals surface area (Å²) in [6.45, 7) is 10.1. The average Bonchev–Trinajstić information content (AvgIpc) is 3.03. The summed E-state index contributed by atoms with van der Waals surface area (Å²) in [5.41, 5.74) is 2.76. The standard InChI is InChI=1S/C35H46N4O5/c1-5-26(6-2)37-35(42)38-27-10-15-31(16-11-27)44-33-17-12-28(22-24(33)4)36-34(41)25-8-13-30(14-9-25)43-32-18-20-39(21-19-32)29(7-3)23-40/h8-17,22,26,29,32,40H,5-7,18-21,23H2,1-4H3,(H,36,41)(H2,37,38,42). The summed E-state index contributed by atoms with van der Waals surface area (Å²) in [6, 6.07) is 20.1. The highest BCUT2D eigenvalue weighted by atomic mass is 16.5. The maximum Gasteiger partial charge on any atom is 0.319 e. The van der Waals surface area contributed by atoms with E-state index in [1.165, 1.54) is 0 Å². The van der Waals surface area contributed by atoms with Crippen LogP contribution in [0.2, 0.25) is 0 Å². The van der Waals surface area contributed by atoms with Crippen LogP contribution in [-0.4, -0.2) is 59.8 Å². The van der Waals surface area contributed by atoms with Crippen LogP contribution in [0.5, 0.6) is 17.2 Å². The van der Waals surface area contributed by atoms with Gasteiger partial charge in [-0.25, -0.2) is 4.79 Å². The summed E-state index contributed by atoms with van der Waals surface area (Å²) < 4.78 is 12.2. The molecule has 1 fully saturated rings. The number of hydrogen-bond donors (Lipinski definition) is 4. The van der Waals surface area contributed by atoms with Crippen LogP contribution in [0.3, 0.4) is 0 Å². The zero-order valence-corrected chi connectivity index (χ0v) is 26.3. The Morgan fingerprint density at radius 2 is 1.50 bits per heavy atom. The lowest BCUT2D eigenvalue weighted by molar-refractivity contribution is 0.0516. The predicted octanol–water partition coefficient (Wildman–Crippen LogP) is 6.96. The number of aliphatic hydroxyl groups is 1. The van der Waals surface area contributed by atoms with Crippen molar-refractivity contribution >= 4 is 23.3 Å². The van der Waals surface area contributed by atoms with Crippen LogP contribution < -0.4 is 25.4 Å². The van der Waals surface area contributed by atoms with E-state index < -0.39 is 0 Å². The first-order valence-corrected chi connectivity index (χ1v) is 15.7. The Hall–Kier alpha value is -4.08. The van der Waals surface area contributed by atoms with E-state index in [0.717, 1.165) is 56.5 Å². The maximum atomic E-state index is 12.9. The zero-order valence-electron chi connectivity index (χ0n) is 26.3. The Bertz CT molecular complexity index is 1350. The van der Waals surface area contributed by atoms with Gasteiger partial charge in [0.25, 0.3) is 5.91 Å². The molecule has 0 bridgehead atoms. The third kappa shape index (κ3) is 9.21. The smallest absolute Gasteiger partial charge is 0.319 e. The molecule has 4 N–H and O–H groups in total. The van der Waals surface area contributed by atoms with Crippen molar-refractivity contribution in [2.75, 3.05) is 30.3 Å². The Kier molecular flexibility index (Phi) is 12.0. The molecule has 0 saturated carbocycles. The van der Waals surface area contributed by atoms with Crippen LogP contribution in [0.25, 0.3) is 0 Å². The van der Waals surface area contributed by atoms with Crippen molar-refractivity contribution in [2.45, 2.75) is 78.0 Å². The molecule has 0 aromatic heterocycles. The lowest BCUT2D eigenvalue weighted by Crippen LogP contribution is -2.45. The number of anilines is 2. The molecular formula is C35H46N4O5. The van der Waals surface area contributed by atoms with Crippen molar-refractivity contribution in [3.05, 3.63) is 77.9 Å². The van der Waals surface area contributed by atoms with Gasteiger partial charge in [-0.2, -0.15) is 0 Å². The molecule has 1 atom stereocenters. The van der Waals surface area contributed by atoms with E-state index in [9.17, 15) is 14.7 Å². The van der Waals surface area contributed by atoms with Crippen molar-refractivity contribution in [2.24, 2.45) is 0 Å². The van der Waals surface area contributed by atoms with E-state index in [-0.39, 0.29) is 36.7 Å². The number of urea groups is 1. The third-order valence-electron chi connectivity index (χ3n) is 8.19. The molecule has 1 heterocycles. The fourth-order valence-electron chi connectivity index (χ4n) is 5.36. The number of aryl methyl sites for hydroxylation is 1. The van der Waals surface area contributed by atoms with Gasteiger partial charge in [0.1, 0.15) is 23.4 Å². The van der Waals surface area contributed by atoms with Gasteiger partial charge in [-0.15, -0.1) is 0 Å². The van der Waals surface area contributed by atoms with Gasteiger partial charge in [-0.05, 0) is 111 Å². The molecule has 0 radical (unpaired) electrons. The molecule has 3 amide bonds. The second kappa shape index (κ2) is 16.1. The topological polar surface area (TPSA) is 112 Å². The number of benzene rings is 3. The van der Waals surface area contributed by atoms with Crippen molar-refractivity contribution in [3.63, 3.8) is 0 Å². The summed E-state index contributed by atoms with van der Waals surface area (Å²) in [6.07, 6.45) is 4.67. The number of aliphatic hydroxyl groups excluding tert-OH is 1. The second-order valence-corrected chi connectivity index (χ2v) is 11.3. The summed E-state index contributed by atoms with van der Waals surface area (Å²) >= 11 is 0. The van der Waals surface area contributed by atoms with Crippen molar-refractivity contribution < 1.29 is 24.2 Å². The lowest BCUT2D eigenvalue weighted by atomic mass is 10.0. The fraction of sp³-hybridized carbons (Fsp3) is 0.429. The van der Waals surface area contributed by atoms with Gasteiger partial charge in [0, 0.05) is 42.1 Å². The number of nitrogens with one attached hydrogen (secondary N) is 3. The molecular weight excluding hydrogens is 556 g/mol. The van der Waals surface area contributed by atoms with Crippen LogP contribution >= 0.6 is 0 Å². The predicted molar refractivity (Wildman–Crippen MR) is 175 cm³/mol. The van der Waals surface area contributed by atoms with E-state index in [4.69, 9.17) is 9.47 Å². The fourth-order valence-corrected chi connectivity index (χ4v) is 5.36. The maximum absolute atomic E-state index is 12.9. The number of ether oxygens (including phenoxy) is 2. The number of hydrogen-bond acceptors (Lipinski definition) is 6. The highest BCUT2D eigenvalue weighted by Crippen LogP contribution is 2.29. The Morgan fingerprint density at radius 3 is 2.09 bits per heavy atom. The Balaban J connectivity index is 1.26. The molecule has 44 heavy (non-hydrogen) atoms. The summed E-state index contributed by atoms with van der Waals surface area (Å²) in [7, 11) is 0. The van der Waals surface area contributed by atoms with E-state index in [1.807, 2.05) is 51.1 Å². The van der Waals surface area contributed by atoms with Gasteiger partial charge in [-0.3, -0.25) is 9.69 Å². The number of likely N-dealkylation sites (tertiary alicyclic amines) is 1. The molecule has 9 nitrogen and oxygen atoms in total. The van der Waals surface area contributed by atoms with Crippen LogP contribution in [0.15, 0.2) is 66.7 Å². The minimum atomic E-state index is -0.221. The first-order valence-electron chi connectivity index (χ1n) is 15.7. The number of rotatable bonds is 13. The lowest BCUT2D eigenvalue weighted by Gasteiger charge is -2.36. The highest BCUT2D eigenvalue weighted by Gasteiger charge is 2.25. The minimum absolute atomic E-state index is 0.131. The van der Waals surface area contributed by atoms with Crippen molar-refractivity contribution in [3.8, 4) is 17.2 Å². The third-order valence-corrected chi connectivity index (χ3v) is 8.19.